The second kappa shape index (κ2) is 7.84. The molecule has 0 aliphatic carbocycles. The van der Waals surface area contributed by atoms with Crippen molar-refractivity contribution in [3.05, 3.63) is 86.5 Å². The van der Waals surface area contributed by atoms with Gasteiger partial charge in [-0.15, -0.1) is 0 Å². The summed E-state index contributed by atoms with van der Waals surface area (Å²) >= 11 is 2.12. The first kappa shape index (κ1) is 20.5. The van der Waals surface area contributed by atoms with Crippen LogP contribution in [0.1, 0.15) is 18.5 Å². The molecular formula is C20H16F2IN5O2. The summed E-state index contributed by atoms with van der Waals surface area (Å²) in [4.78, 5) is 21.3. The summed E-state index contributed by atoms with van der Waals surface area (Å²) in [5.41, 5.74) is -1.98. The van der Waals surface area contributed by atoms with Crippen LogP contribution >= 0.6 is 22.6 Å². The molecule has 154 valence electrons. The van der Waals surface area contributed by atoms with Crippen LogP contribution in [-0.2, 0) is 12.1 Å². The van der Waals surface area contributed by atoms with Crippen molar-refractivity contribution in [1.29, 1.82) is 0 Å². The Bertz CT molecular complexity index is 1280. The van der Waals surface area contributed by atoms with Crippen molar-refractivity contribution in [2.75, 3.05) is 0 Å². The molecule has 2 aromatic carbocycles. The molecule has 0 aliphatic heterocycles. The molecule has 2 heterocycles. The molecule has 0 unspecified atom stereocenters. The van der Waals surface area contributed by atoms with E-state index in [0.717, 1.165) is 9.64 Å². The van der Waals surface area contributed by atoms with Gasteiger partial charge in [-0.25, -0.2) is 23.4 Å². The van der Waals surface area contributed by atoms with Gasteiger partial charge < -0.3 is 5.11 Å². The van der Waals surface area contributed by atoms with Crippen molar-refractivity contribution in [3.8, 4) is 0 Å². The van der Waals surface area contributed by atoms with Crippen molar-refractivity contribution in [2.24, 2.45) is 0 Å². The molecule has 4 rings (SSSR count). The van der Waals surface area contributed by atoms with E-state index in [1.165, 1.54) is 34.3 Å². The minimum atomic E-state index is -1.95. The minimum Gasteiger partial charge on any atom is -0.381 e. The van der Waals surface area contributed by atoms with Crippen LogP contribution in [0.2, 0.25) is 0 Å². The first-order chi connectivity index (χ1) is 14.3. The quantitative estimate of drug-likeness (QED) is 0.407. The molecule has 0 fully saturated rings. The van der Waals surface area contributed by atoms with E-state index in [9.17, 15) is 18.7 Å². The summed E-state index contributed by atoms with van der Waals surface area (Å²) < 4.78 is 31.7. The van der Waals surface area contributed by atoms with Crippen LogP contribution in [0.5, 0.6) is 0 Å². The molecule has 0 bridgehead atoms. The molecule has 10 heteroatoms. The molecule has 0 radical (unpaired) electrons. The Morgan fingerprint density at radius 1 is 1.20 bits per heavy atom. The molecule has 1 N–H and O–H groups in total. The van der Waals surface area contributed by atoms with E-state index >= 15 is 0 Å². The van der Waals surface area contributed by atoms with E-state index < -0.39 is 23.3 Å². The molecule has 30 heavy (non-hydrogen) atoms. The van der Waals surface area contributed by atoms with Crippen molar-refractivity contribution >= 4 is 33.5 Å². The standard InChI is InChI=1S/C20H16F2IN5O2/c1-12(28-11-25-18-7-14(23)3-4-15(18)19(28)29)20(30,8-27-10-24-9-26-27)16-5-2-13(21)6-17(16)22/h2-7,9-12,30H,8H2,1H3/t12-,20-/m1/s1. The second-order valence-corrected chi connectivity index (χ2v) is 8.18. The van der Waals surface area contributed by atoms with Crippen molar-refractivity contribution in [1.82, 2.24) is 24.3 Å². The summed E-state index contributed by atoms with van der Waals surface area (Å²) in [5, 5.41) is 16.0. The van der Waals surface area contributed by atoms with Crippen molar-refractivity contribution in [3.63, 3.8) is 0 Å². The fourth-order valence-electron chi connectivity index (χ4n) is 3.46. The number of hydrogen-bond acceptors (Lipinski definition) is 5. The van der Waals surface area contributed by atoms with Gasteiger partial charge in [0.25, 0.3) is 5.56 Å². The fraction of sp³-hybridized carbons (Fsp3) is 0.200. The van der Waals surface area contributed by atoms with Gasteiger partial charge in [-0.3, -0.25) is 9.36 Å². The first-order valence-corrected chi connectivity index (χ1v) is 10.0. The third-order valence-electron chi connectivity index (χ3n) is 5.12. The van der Waals surface area contributed by atoms with E-state index in [0.29, 0.717) is 17.0 Å². The van der Waals surface area contributed by atoms with Crippen LogP contribution in [0.3, 0.4) is 0 Å². The van der Waals surface area contributed by atoms with Gasteiger partial charge >= 0.3 is 0 Å². The monoisotopic (exact) mass is 523 g/mol. The predicted molar refractivity (Wildman–Crippen MR) is 114 cm³/mol. The summed E-state index contributed by atoms with van der Waals surface area (Å²) in [5.74, 6) is -1.70. The maximum absolute atomic E-state index is 14.7. The van der Waals surface area contributed by atoms with Crippen LogP contribution in [0.25, 0.3) is 10.9 Å². The number of fused-ring (bicyclic) bond motifs is 1. The SMILES string of the molecule is C[C@@H](n1cnc2cc(I)ccc2c1=O)[C@](O)(Cn1cncn1)c1ccc(F)cc1F. The predicted octanol–water partition coefficient (Wildman–Crippen LogP) is 3.02. The van der Waals surface area contributed by atoms with Crippen LogP contribution in [0, 0.1) is 15.2 Å². The average Bonchev–Trinajstić information content (AvgIpc) is 3.20. The highest BCUT2D eigenvalue weighted by Gasteiger charge is 2.41. The molecular weight excluding hydrogens is 507 g/mol. The maximum atomic E-state index is 14.7. The van der Waals surface area contributed by atoms with Crippen molar-refractivity contribution in [2.45, 2.75) is 25.1 Å². The smallest absolute Gasteiger partial charge is 0.261 e. The van der Waals surface area contributed by atoms with Crippen LogP contribution in [0.4, 0.5) is 8.78 Å². The highest BCUT2D eigenvalue weighted by atomic mass is 127. The summed E-state index contributed by atoms with van der Waals surface area (Å²) in [6.45, 7) is 1.36. The number of nitrogens with zero attached hydrogens (tertiary/aromatic N) is 5. The van der Waals surface area contributed by atoms with Gasteiger partial charge in [-0.1, -0.05) is 6.07 Å². The van der Waals surface area contributed by atoms with Gasteiger partial charge in [0.2, 0.25) is 0 Å². The zero-order valence-corrected chi connectivity index (χ0v) is 17.9. The highest BCUT2D eigenvalue weighted by molar-refractivity contribution is 14.1. The van der Waals surface area contributed by atoms with E-state index in [1.807, 2.05) is 0 Å². The number of rotatable bonds is 5. The topological polar surface area (TPSA) is 85.8 Å². The lowest BCUT2D eigenvalue weighted by Gasteiger charge is -2.35. The summed E-state index contributed by atoms with van der Waals surface area (Å²) in [6.07, 6.45) is 3.96. The van der Waals surface area contributed by atoms with Gasteiger partial charge in [0.1, 0.15) is 29.9 Å². The third kappa shape index (κ3) is 3.60. The average molecular weight is 523 g/mol. The van der Waals surface area contributed by atoms with Crippen molar-refractivity contribution < 1.29 is 13.9 Å². The highest BCUT2D eigenvalue weighted by Crippen LogP contribution is 2.36. The first-order valence-electron chi connectivity index (χ1n) is 8.96. The lowest BCUT2D eigenvalue weighted by atomic mass is 9.86. The Kier molecular flexibility index (Phi) is 5.36. The molecule has 2 atom stereocenters. The normalized spacial score (nSPS) is 14.6. The fourth-order valence-corrected chi connectivity index (χ4v) is 3.93. The molecule has 7 nitrogen and oxygen atoms in total. The van der Waals surface area contributed by atoms with Gasteiger partial charge in [0, 0.05) is 15.2 Å². The lowest BCUT2D eigenvalue weighted by Crippen LogP contribution is -2.43. The van der Waals surface area contributed by atoms with E-state index in [4.69, 9.17) is 0 Å². The number of benzene rings is 2. The Hall–Kier alpha value is -2.73. The molecule has 0 aliphatic rings. The van der Waals surface area contributed by atoms with E-state index in [2.05, 4.69) is 37.7 Å². The van der Waals surface area contributed by atoms with Crippen LogP contribution in [0.15, 0.2) is 60.2 Å². The Morgan fingerprint density at radius 3 is 2.70 bits per heavy atom. The number of halogens is 3. The lowest BCUT2D eigenvalue weighted by molar-refractivity contribution is -0.0343. The number of hydrogen-bond donors (Lipinski definition) is 1. The zero-order valence-electron chi connectivity index (χ0n) is 15.7. The largest absolute Gasteiger partial charge is 0.381 e. The van der Waals surface area contributed by atoms with Crippen LogP contribution < -0.4 is 5.56 Å². The molecule has 0 saturated heterocycles. The Labute approximate surface area is 183 Å². The van der Waals surface area contributed by atoms with Gasteiger partial charge in [0.05, 0.1) is 29.8 Å². The molecule has 0 spiro atoms. The Balaban J connectivity index is 1.88. The van der Waals surface area contributed by atoms with Gasteiger partial charge in [-0.05, 0) is 53.8 Å². The zero-order chi connectivity index (χ0) is 21.5. The summed E-state index contributed by atoms with van der Waals surface area (Å²) in [7, 11) is 0. The molecule has 0 saturated carbocycles. The van der Waals surface area contributed by atoms with E-state index in [-0.39, 0.29) is 17.7 Å². The van der Waals surface area contributed by atoms with E-state index in [1.54, 1.807) is 25.1 Å². The summed E-state index contributed by atoms with van der Waals surface area (Å²) in [6, 6.07) is 7.16. The third-order valence-corrected chi connectivity index (χ3v) is 5.79. The number of aromatic nitrogens is 5. The minimum absolute atomic E-state index is 0.165. The molecule has 0 amide bonds. The number of aliphatic hydroxyl groups is 1. The van der Waals surface area contributed by atoms with Gasteiger partial charge in [0.15, 0.2) is 0 Å². The van der Waals surface area contributed by atoms with Crippen LogP contribution in [-0.4, -0.2) is 29.4 Å². The second-order valence-electron chi connectivity index (χ2n) is 6.94. The molecule has 4 aromatic rings. The van der Waals surface area contributed by atoms with Gasteiger partial charge in [-0.2, -0.15) is 5.10 Å². The molecule has 2 aromatic heterocycles. The Morgan fingerprint density at radius 2 is 2.00 bits per heavy atom. The maximum Gasteiger partial charge on any atom is 0.261 e.